The quantitative estimate of drug-likeness (QED) is 0.813. The Morgan fingerprint density at radius 2 is 1.39 bits per heavy atom. The summed E-state index contributed by atoms with van der Waals surface area (Å²) in [6, 6.07) is 7.51. The molecule has 2 rings (SSSR count). The molecule has 1 fully saturated rings. The van der Waals surface area contributed by atoms with Gasteiger partial charge in [-0.25, -0.2) is 8.42 Å². The zero-order valence-electron chi connectivity index (χ0n) is 11.1. The van der Waals surface area contributed by atoms with Gasteiger partial charge in [-0.2, -0.15) is 0 Å². The molecule has 0 N–H and O–H groups in total. The second kappa shape index (κ2) is 5.87. The third kappa shape index (κ3) is 3.58. The number of benzene rings is 1. The highest BCUT2D eigenvalue weighted by atomic mass is 32.2. The zero-order valence-corrected chi connectivity index (χ0v) is 11.9. The average Bonchev–Trinajstić information content (AvgIpc) is 2.27. The van der Waals surface area contributed by atoms with Gasteiger partial charge in [0, 0.05) is 6.26 Å². The summed E-state index contributed by atoms with van der Waals surface area (Å²) in [7, 11) is -3.06. The van der Waals surface area contributed by atoms with Gasteiger partial charge in [-0.15, -0.1) is 0 Å². The van der Waals surface area contributed by atoms with E-state index in [0.717, 1.165) is 0 Å². The maximum absolute atomic E-state index is 11.4. The van der Waals surface area contributed by atoms with E-state index in [2.05, 4.69) is 0 Å². The number of sulfone groups is 1. The van der Waals surface area contributed by atoms with Crippen LogP contribution in [0.2, 0.25) is 0 Å². The number of rotatable bonds is 2. The predicted molar refractivity (Wildman–Crippen MR) is 74.6 cm³/mol. The molecular formula is C15H22O2S. The summed E-state index contributed by atoms with van der Waals surface area (Å²) >= 11 is 0. The Morgan fingerprint density at radius 3 is 1.89 bits per heavy atom. The molecule has 0 amide bonds. The van der Waals surface area contributed by atoms with Crippen molar-refractivity contribution in [3.63, 3.8) is 0 Å². The van der Waals surface area contributed by atoms with Gasteiger partial charge in [-0.1, -0.05) is 44.2 Å². The first-order chi connectivity index (χ1) is 8.57. The van der Waals surface area contributed by atoms with Gasteiger partial charge < -0.3 is 0 Å². The molecule has 0 heterocycles. The second-order valence-electron chi connectivity index (χ2n) is 5.38. The fourth-order valence-corrected chi connectivity index (χ4v) is 3.41. The Morgan fingerprint density at radius 1 is 0.889 bits per heavy atom. The van der Waals surface area contributed by atoms with Crippen molar-refractivity contribution in [3.8, 4) is 0 Å². The third-order valence-electron chi connectivity index (χ3n) is 3.88. The Kier molecular flexibility index (Phi) is 4.44. The van der Waals surface area contributed by atoms with Crippen LogP contribution in [0.15, 0.2) is 29.2 Å². The van der Waals surface area contributed by atoms with Crippen LogP contribution >= 0.6 is 0 Å². The molecule has 100 valence electrons. The number of hydrogen-bond acceptors (Lipinski definition) is 2. The molecule has 3 heteroatoms. The average molecular weight is 266 g/mol. The maximum atomic E-state index is 11.4. The van der Waals surface area contributed by atoms with E-state index in [1.807, 2.05) is 12.1 Å². The van der Waals surface area contributed by atoms with E-state index in [0.29, 0.717) is 10.8 Å². The van der Waals surface area contributed by atoms with Crippen LogP contribution in [0.25, 0.3) is 0 Å². The van der Waals surface area contributed by atoms with E-state index in [4.69, 9.17) is 0 Å². The molecule has 0 aromatic heterocycles. The third-order valence-corrected chi connectivity index (χ3v) is 5.01. The summed E-state index contributed by atoms with van der Waals surface area (Å²) in [4.78, 5) is 0.428. The van der Waals surface area contributed by atoms with Crippen LogP contribution in [0.4, 0.5) is 0 Å². The van der Waals surface area contributed by atoms with E-state index in [1.165, 1.54) is 56.8 Å². The topological polar surface area (TPSA) is 34.1 Å². The molecule has 0 radical (unpaired) electrons. The Bertz CT molecular complexity index is 466. The maximum Gasteiger partial charge on any atom is 0.175 e. The second-order valence-corrected chi connectivity index (χ2v) is 7.40. The fraction of sp³-hybridized carbons (Fsp3) is 0.600. The molecule has 1 saturated carbocycles. The molecule has 18 heavy (non-hydrogen) atoms. The van der Waals surface area contributed by atoms with E-state index in [-0.39, 0.29) is 0 Å². The minimum Gasteiger partial charge on any atom is -0.224 e. The normalized spacial score (nSPS) is 19.2. The molecule has 2 nitrogen and oxygen atoms in total. The smallest absolute Gasteiger partial charge is 0.175 e. The Balaban J connectivity index is 2.12. The van der Waals surface area contributed by atoms with E-state index in [1.54, 1.807) is 12.1 Å². The summed E-state index contributed by atoms with van der Waals surface area (Å²) in [6.45, 7) is 0. The molecule has 1 aliphatic rings. The lowest BCUT2D eigenvalue weighted by Gasteiger charge is -2.20. The van der Waals surface area contributed by atoms with Crippen molar-refractivity contribution < 1.29 is 8.42 Å². The predicted octanol–water partition coefficient (Wildman–Crippen LogP) is 3.92. The van der Waals surface area contributed by atoms with Crippen LogP contribution in [0.1, 0.15) is 56.4 Å². The van der Waals surface area contributed by atoms with Crippen molar-refractivity contribution in [2.24, 2.45) is 0 Å². The van der Waals surface area contributed by atoms with Gasteiger partial charge in [-0.05, 0) is 36.5 Å². The van der Waals surface area contributed by atoms with E-state index < -0.39 is 9.84 Å². The molecule has 1 aromatic rings. The van der Waals surface area contributed by atoms with Crippen molar-refractivity contribution in [1.82, 2.24) is 0 Å². The largest absolute Gasteiger partial charge is 0.224 e. The van der Waals surface area contributed by atoms with Gasteiger partial charge in [0.2, 0.25) is 0 Å². The van der Waals surface area contributed by atoms with Gasteiger partial charge in [0.25, 0.3) is 0 Å². The van der Waals surface area contributed by atoms with Crippen LogP contribution in [-0.4, -0.2) is 14.7 Å². The van der Waals surface area contributed by atoms with Crippen molar-refractivity contribution >= 4 is 9.84 Å². The van der Waals surface area contributed by atoms with Crippen LogP contribution in [-0.2, 0) is 9.84 Å². The fourth-order valence-electron chi connectivity index (χ4n) is 2.78. The van der Waals surface area contributed by atoms with Crippen molar-refractivity contribution in [2.45, 2.75) is 55.8 Å². The first kappa shape index (κ1) is 13.6. The van der Waals surface area contributed by atoms with Crippen molar-refractivity contribution in [2.75, 3.05) is 6.26 Å². The minimum absolute atomic E-state index is 0.428. The van der Waals surface area contributed by atoms with E-state index >= 15 is 0 Å². The molecule has 0 aliphatic heterocycles. The van der Waals surface area contributed by atoms with Gasteiger partial charge in [0.05, 0.1) is 4.90 Å². The Hall–Kier alpha value is -0.830. The van der Waals surface area contributed by atoms with Crippen LogP contribution < -0.4 is 0 Å². The highest BCUT2D eigenvalue weighted by Gasteiger charge is 2.14. The SMILES string of the molecule is CS(=O)(=O)c1ccc(C2CCCCCCC2)cc1. The molecule has 0 bridgehead atoms. The monoisotopic (exact) mass is 266 g/mol. The molecule has 0 atom stereocenters. The molecule has 0 spiro atoms. The highest BCUT2D eigenvalue weighted by Crippen LogP contribution is 2.31. The van der Waals surface area contributed by atoms with Crippen LogP contribution in [0.5, 0.6) is 0 Å². The molecule has 1 aliphatic carbocycles. The lowest BCUT2D eigenvalue weighted by molar-refractivity contribution is 0.455. The first-order valence-electron chi connectivity index (χ1n) is 6.87. The van der Waals surface area contributed by atoms with Crippen molar-refractivity contribution in [3.05, 3.63) is 29.8 Å². The standard InChI is InChI=1S/C15H22O2S/c1-18(16,17)15-11-9-14(10-12-15)13-7-5-3-2-4-6-8-13/h9-13H,2-8H2,1H3. The van der Waals surface area contributed by atoms with Crippen LogP contribution in [0, 0.1) is 0 Å². The lowest BCUT2D eigenvalue weighted by atomic mass is 9.86. The summed E-state index contributed by atoms with van der Waals surface area (Å²) in [5.74, 6) is 0.624. The summed E-state index contributed by atoms with van der Waals surface area (Å²) < 4.78 is 22.8. The number of hydrogen-bond donors (Lipinski definition) is 0. The lowest BCUT2D eigenvalue weighted by Crippen LogP contribution is -2.03. The summed E-state index contributed by atoms with van der Waals surface area (Å²) in [6.07, 6.45) is 10.4. The van der Waals surface area contributed by atoms with Gasteiger partial charge in [0.1, 0.15) is 0 Å². The summed E-state index contributed by atoms with van der Waals surface area (Å²) in [5, 5.41) is 0. The molecular weight excluding hydrogens is 244 g/mol. The van der Waals surface area contributed by atoms with Gasteiger partial charge in [0.15, 0.2) is 9.84 Å². The molecule has 0 unspecified atom stereocenters. The zero-order chi connectivity index (χ0) is 13.0. The minimum atomic E-state index is -3.06. The Labute approximate surface area is 110 Å². The van der Waals surface area contributed by atoms with E-state index in [9.17, 15) is 8.42 Å². The highest BCUT2D eigenvalue weighted by molar-refractivity contribution is 7.90. The first-order valence-corrected chi connectivity index (χ1v) is 8.76. The van der Waals surface area contributed by atoms with Crippen molar-refractivity contribution in [1.29, 1.82) is 0 Å². The molecule has 0 saturated heterocycles. The summed E-state index contributed by atoms with van der Waals surface area (Å²) in [5.41, 5.74) is 1.31. The van der Waals surface area contributed by atoms with Crippen LogP contribution in [0.3, 0.4) is 0 Å². The molecule has 1 aromatic carbocycles. The van der Waals surface area contributed by atoms with Gasteiger partial charge >= 0.3 is 0 Å². The van der Waals surface area contributed by atoms with Gasteiger partial charge in [-0.3, -0.25) is 0 Å².